The average molecular weight is 473 g/mol. The third kappa shape index (κ3) is 6.94. The summed E-state index contributed by atoms with van der Waals surface area (Å²) >= 11 is -0.556. The molecule has 27 heavy (non-hydrogen) atoms. The first kappa shape index (κ1) is 24.8. The van der Waals surface area contributed by atoms with Crippen molar-refractivity contribution in [3.05, 3.63) is 52.6 Å². The van der Waals surface area contributed by atoms with Crippen LogP contribution in [0.25, 0.3) is 0 Å². The van der Waals surface area contributed by atoms with Crippen LogP contribution in [0.1, 0.15) is 43.0 Å². The van der Waals surface area contributed by atoms with Crippen molar-refractivity contribution in [1.82, 2.24) is 0 Å². The predicted molar refractivity (Wildman–Crippen MR) is 107 cm³/mol. The number of phenols is 1. The molecule has 0 saturated carbocycles. The van der Waals surface area contributed by atoms with Gasteiger partial charge in [0.1, 0.15) is 5.75 Å². The molecule has 0 amide bonds. The van der Waals surface area contributed by atoms with Crippen molar-refractivity contribution in [3.63, 3.8) is 0 Å². The molecular weight excluding hydrogens is 451 g/mol. The monoisotopic (exact) mass is 472 g/mol. The molecule has 0 heterocycles. The summed E-state index contributed by atoms with van der Waals surface area (Å²) in [6.07, 6.45) is -4.40. The van der Waals surface area contributed by atoms with Gasteiger partial charge in [-0.1, -0.05) is 47.6 Å². The molecule has 0 aliphatic heterocycles. The van der Waals surface area contributed by atoms with Crippen molar-refractivity contribution in [1.29, 1.82) is 0 Å². The van der Waals surface area contributed by atoms with Gasteiger partial charge in [-0.3, -0.25) is 0 Å². The van der Waals surface area contributed by atoms with Crippen molar-refractivity contribution in [3.8, 4) is 5.75 Å². The maximum atomic E-state index is 13.3. The standard InChI is InChI=1S/C19H22F3OP.2ClH.Ti/c1-11-9-14(18(3,4)5)16(23)15(10-11)24-17-12(2)7-6-8-13(17)19(20,21)22;;;/h6-10,23-24H,1-5H3;2*1H;/q;;;+2/p-2. The number of rotatable bonds is 2. The van der Waals surface area contributed by atoms with E-state index in [1.807, 2.05) is 33.8 Å². The fourth-order valence-corrected chi connectivity index (χ4v) is 4.11. The van der Waals surface area contributed by atoms with Crippen LogP contribution in [0.2, 0.25) is 0 Å². The minimum absolute atomic E-state index is 0.0998. The fraction of sp³-hybridized carbons (Fsp3) is 0.368. The van der Waals surface area contributed by atoms with Crippen molar-refractivity contribution in [2.45, 2.75) is 46.2 Å². The minimum atomic E-state index is -4.40. The van der Waals surface area contributed by atoms with Crippen molar-refractivity contribution in [2.75, 3.05) is 0 Å². The summed E-state index contributed by atoms with van der Waals surface area (Å²) < 4.78 is 40.0. The molecule has 2 aromatic carbocycles. The second kappa shape index (κ2) is 9.99. The van der Waals surface area contributed by atoms with E-state index in [9.17, 15) is 18.3 Å². The Kier molecular flexibility index (Phi) is 9.17. The molecule has 1 atom stereocenters. The Labute approximate surface area is 177 Å². The van der Waals surface area contributed by atoms with Crippen LogP contribution in [-0.4, -0.2) is 5.11 Å². The molecule has 0 aromatic heterocycles. The second-order valence-electron chi connectivity index (χ2n) is 7.15. The summed E-state index contributed by atoms with van der Waals surface area (Å²) in [5, 5.41) is 11.4. The van der Waals surface area contributed by atoms with E-state index >= 15 is 0 Å². The molecule has 0 bridgehead atoms. The van der Waals surface area contributed by atoms with Gasteiger partial charge in [-0.2, -0.15) is 13.2 Å². The van der Waals surface area contributed by atoms with Gasteiger partial charge in [0.15, 0.2) is 0 Å². The number of benzene rings is 2. The summed E-state index contributed by atoms with van der Waals surface area (Å²) in [6, 6.07) is 7.87. The molecule has 1 nitrogen and oxygen atoms in total. The fourth-order valence-electron chi connectivity index (χ4n) is 2.65. The Balaban J connectivity index is 0.00000114. The number of phenolic OH excluding ortho intramolecular Hbond substituents is 1. The zero-order valence-electron chi connectivity index (χ0n) is 15.7. The van der Waals surface area contributed by atoms with Crippen LogP contribution in [-0.2, 0) is 28.6 Å². The zero-order chi connectivity index (χ0) is 21.0. The topological polar surface area (TPSA) is 20.2 Å². The number of alkyl halides is 3. The van der Waals surface area contributed by atoms with E-state index in [1.54, 1.807) is 19.1 Å². The van der Waals surface area contributed by atoms with Gasteiger partial charge in [-0.05, 0) is 47.8 Å². The summed E-state index contributed by atoms with van der Waals surface area (Å²) in [7, 11) is 9.53. The van der Waals surface area contributed by atoms with Crippen molar-refractivity contribution >= 4 is 37.8 Å². The van der Waals surface area contributed by atoms with Crippen LogP contribution in [0, 0.1) is 13.8 Å². The second-order valence-corrected chi connectivity index (χ2v) is 11.0. The van der Waals surface area contributed by atoms with Crippen molar-refractivity contribution in [2.24, 2.45) is 0 Å². The number of aromatic hydroxyl groups is 1. The van der Waals surface area contributed by atoms with Crippen LogP contribution in [0.5, 0.6) is 5.75 Å². The normalized spacial score (nSPS) is 12.1. The molecule has 2 rings (SSSR count). The van der Waals surface area contributed by atoms with Crippen LogP contribution in [0.3, 0.4) is 0 Å². The van der Waals surface area contributed by atoms with Gasteiger partial charge in [0.25, 0.3) is 0 Å². The number of hydrogen-bond donors (Lipinski definition) is 1. The van der Waals surface area contributed by atoms with Crippen LogP contribution >= 0.6 is 27.2 Å². The van der Waals surface area contributed by atoms with Gasteiger partial charge in [0.2, 0.25) is 0 Å². The Bertz CT molecular complexity index is 790. The van der Waals surface area contributed by atoms with Gasteiger partial charge in [0.05, 0.1) is 5.56 Å². The SMILES string of the molecule is Cc1cc(Pc2c(C)cccc2C(F)(F)F)c(O)c(C(C)(C)C)c1.[Cl][Ti][Cl]. The van der Waals surface area contributed by atoms with Crippen molar-refractivity contribution < 1.29 is 35.3 Å². The van der Waals surface area contributed by atoms with E-state index in [0.29, 0.717) is 10.9 Å². The van der Waals surface area contributed by atoms with E-state index < -0.39 is 28.8 Å². The van der Waals surface area contributed by atoms with Gasteiger partial charge in [0, 0.05) is 10.9 Å². The molecule has 8 heteroatoms. The number of hydrogen-bond acceptors (Lipinski definition) is 1. The Morgan fingerprint density at radius 3 is 2.04 bits per heavy atom. The molecule has 0 aliphatic carbocycles. The third-order valence-corrected chi connectivity index (χ3v) is 5.46. The van der Waals surface area contributed by atoms with E-state index in [-0.39, 0.29) is 25.0 Å². The third-order valence-electron chi connectivity index (χ3n) is 3.90. The van der Waals surface area contributed by atoms with Gasteiger partial charge in [-0.25, -0.2) is 0 Å². The summed E-state index contributed by atoms with van der Waals surface area (Å²) in [6.45, 7) is 9.50. The molecule has 0 spiro atoms. The Hall–Kier alpha value is -0.246. The first-order valence-corrected chi connectivity index (χ1v) is 13.4. The van der Waals surface area contributed by atoms with Gasteiger partial charge < -0.3 is 5.11 Å². The Morgan fingerprint density at radius 1 is 1.00 bits per heavy atom. The van der Waals surface area contributed by atoms with Crippen LogP contribution < -0.4 is 10.6 Å². The van der Waals surface area contributed by atoms with E-state index in [4.69, 9.17) is 18.6 Å². The molecule has 0 fully saturated rings. The first-order chi connectivity index (χ1) is 12.3. The summed E-state index contributed by atoms with van der Waals surface area (Å²) in [4.78, 5) is 0. The molecule has 148 valence electrons. The van der Waals surface area contributed by atoms with Gasteiger partial charge in [-0.15, -0.1) is 0 Å². The van der Waals surface area contributed by atoms with Crippen LogP contribution in [0.15, 0.2) is 30.3 Å². The molecular formula is C19H22Cl2F3OPTi. The molecule has 0 aliphatic rings. The van der Waals surface area contributed by atoms with E-state index in [1.165, 1.54) is 6.07 Å². The molecule has 0 radical (unpaired) electrons. The maximum absolute atomic E-state index is 13.3. The quantitative estimate of drug-likeness (QED) is 0.400. The molecule has 2 aromatic rings. The molecule has 1 unspecified atom stereocenters. The number of aryl methyl sites for hydroxylation is 2. The Morgan fingerprint density at radius 2 is 1.56 bits per heavy atom. The average Bonchev–Trinajstić information content (AvgIpc) is 2.51. The van der Waals surface area contributed by atoms with Gasteiger partial charge >= 0.3 is 41.8 Å². The zero-order valence-corrected chi connectivity index (χ0v) is 19.8. The molecule has 0 saturated heterocycles. The van der Waals surface area contributed by atoms with E-state index in [0.717, 1.165) is 17.2 Å². The predicted octanol–water partition coefficient (Wildman–Crippen LogP) is 6.33. The van der Waals surface area contributed by atoms with E-state index in [2.05, 4.69) is 0 Å². The summed E-state index contributed by atoms with van der Waals surface area (Å²) in [5.41, 5.74) is 1.36. The first-order valence-electron chi connectivity index (χ1n) is 8.07. The van der Waals surface area contributed by atoms with Crippen LogP contribution in [0.4, 0.5) is 13.2 Å². The number of halogens is 5. The molecule has 1 N–H and O–H groups in total. The summed E-state index contributed by atoms with van der Waals surface area (Å²) in [5.74, 6) is 0.0998.